The van der Waals surface area contributed by atoms with Crippen LogP contribution in [0.3, 0.4) is 0 Å². The third kappa shape index (κ3) is 2.56. The summed E-state index contributed by atoms with van der Waals surface area (Å²) in [5.74, 6) is -0.853. The largest absolute Gasteiger partial charge is 0.340 e. The Morgan fingerprint density at radius 1 is 1.14 bits per heavy atom. The zero-order valence-electron chi connectivity index (χ0n) is 11.5. The highest BCUT2D eigenvalue weighted by molar-refractivity contribution is 6.35. The molecular weight excluding hydrogens is 326 g/mol. The topological polar surface area (TPSA) is 34.0 Å². The second-order valence-corrected chi connectivity index (χ2v) is 5.66. The van der Waals surface area contributed by atoms with Gasteiger partial charge in [-0.3, -0.25) is 4.79 Å². The minimum absolute atomic E-state index is 0.0436. The molecule has 22 heavy (non-hydrogen) atoms. The Balaban J connectivity index is 1.97. The molecule has 1 heterocycles. The van der Waals surface area contributed by atoms with Crippen molar-refractivity contribution in [1.82, 2.24) is 4.57 Å². The Bertz CT molecular complexity index is 889. The van der Waals surface area contributed by atoms with Crippen molar-refractivity contribution >= 4 is 45.7 Å². The van der Waals surface area contributed by atoms with Gasteiger partial charge >= 0.3 is 0 Å². The van der Waals surface area contributed by atoms with Crippen LogP contribution in [0.25, 0.3) is 10.9 Å². The van der Waals surface area contributed by atoms with Crippen LogP contribution in [0.15, 0.2) is 42.5 Å². The number of carbonyl (C=O) groups excluding carboxylic acids is 1. The fourth-order valence-corrected chi connectivity index (χ4v) is 2.72. The van der Waals surface area contributed by atoms with E-state index >= 15 is 0 Å². The number of fused-ring (bicyclic) bond motifs is 1. The van der Waals surface area contributed by atoms with E-state index in [9.17, 15) is 9.18 Å². The molecule has 0 unspecified atom stereocenters. The summed E-state index contributed by atoms with van der Waals surface area (Å²) >= 11 is 11.9. The predicted octanol–water partition coefficient (Wildman–Crippen LogP) is 4.88. The van der Waals surface area contributed by atoms with Gasteiger partial charge in [0.1, 0.15) is 11.5 Å². The molecule has 3 rings (SSSR count). The summed E-state index contributed by atoms with van der Waals surface area (Å²) in [6.45, 7) is 0. The van der Waals surface area contributed by atoms with Gasteiger partial charge in [-0.25, -0.2) is 4.39 Å². The number of nitrogens with zero attached hydrogens (tertiary/aromatic N) is 1. The molecule has 1 amide bonds. The first-order chi connectivity index (χ1) is 10.5. The number of amides is 1. The van der Waals surface area contributed by atoms with Gasteiger partial charge in [-0.15, -0.1) is 0 Å². The van der Waals surface area contributed by atoms with Gasteiger partial charge in [-0.2, -0.15) is 0 Å². The number of hydrogen-bond acceptors (Lipinski definition) is 1. The Kier molecular flexibility index (Phi) is 3.81. The van der Waals surface area contributed by atoms with Crippen molar-refractivity contribution < 1.29 is 9.18 Å². The predicted molar refractivity (Wildman–Crippen MR) is 87.3 cm³/mol. The van der Waals surface area contributed by atoms with Gasteiger partial charge in [0.05, 0.1) is 5.02 Å². The van der Waals surface area contributed by atoms with E-state index in [1.54, 1.807) is 23.7 Å². The van der Waals surface area contributed by atoms with E-state index in [4.69, 9.17) is 23.2 Å². The summed E-state index contributed by atoms with van der Waals surface area (Å²) < 4.78 is 14.9. The van der Waals surface area contributed by atoms with Crippen LogP contribution in [0.1, 0.15) is 10.5 Å². The molecule has 6 heteroatoms. The van der Waals surface area contributed by atoms with Crippen molar-refractivity contribution in [2.75, 3.05) is 5.32 Å². The van der Waals surface area contributed by atoms with Gasteiger partial charge < -0.3 is 9.88 Å². The lowest BCUT2D eigenvalue weighted by molar-refractivity contribution is 0.101. The number of hydrogen-bond donors (Lipinski definition) is 1. The Morgan fingerprint density at radius 2 is 1.91 bits per heavy atom. The van der Waals surface area contributed by atoms with Crippen molar-refractivity contribution in [3.05, 3.63) is 64.0 Å². The first-order valence-electron chi connectivity index (χ1n) is 6.47. The van der Waals surface area contributed by atoms with E-state index in [2.05, 4.69) is 5.32 Å². The molecule has 0 saturated carbocycles. The highest BCUT2D eigenvalue weighted by Gasteiger charge is 2.15. The maximum Gasteiger partial charge on any atom is 0.272 e. The maximum atomic E-state index is 13.1. The van der Waals surface area contributed by atoms with E-state index in [0.717, 1.165) is 10.9 Å². The van der Waals surface area contributed by atoms with Crippen molar-refractivity contribution in [3.63, 3.8) is 0 Å². The van der Waals surface area contributed by atoms with E-state index in [-0.39, 0.29) is 10.9 Å². The smallest absolute Gasteiger partial charge is 0.272 e. The highest BCUT2D eigenvalue weighted by atomic mass is 35.5. The maximum absolute atomic E-state index is 13.1. The third-order valence-electron chi connectivity index (χ3n) is 3.44. The lowest BCUT2D eigenvalue weighted by Crippen LogP contribution is -2.15. The minimum atomic E-state index is -0.531. The highest BCUT2D eigenvalue weighted by Crippen LogP contribution is 2.27. The van der Waals surface area contributed by atoms with Crippen LogP contribution in [-0.4, -0.2) is 10.5 Å². The molecule has 1 N–H and O–H groups in total. The van der Waals surface area contributed by atoms with Gasteiger partial charge in [0.25, 0.3) is 5.91 Å². The summed E-state index contributed by atoms with van der Waals surface area (Å²) in [4.78, 5) is 12.4. The lowest BCUT2D eigenvalue weighted by atomic mass is 10.2. The van der Waals surface area contributed by atoms with E-state index < -0.39 is 5.82 Å². The fourth-order valence-electron chi connectivity index (χ4n) is 2.31. The number of benzene rings is 2. The zero-order valence-corrected chi connectivity index (χ0v) is 13.0. The Hall–Kier alpha value is -2.04. The average Bonchev–Trinajstić information content (AvgIpc) is 2.82. The molecule has 0 aliphatic heterocycles. The molecule has 0 fully saturated rings. The molecule has 0 bridgehead atoms. The van der Waals surface area contributed by atoms with Crippen LogP contribution in [-0.2, 0) is 7.05 Å². The molecular formula is C16H11Cl2FN2O. The van der Waals surface area contributed by atoms with Crippen LogP contribution in [0.4, 0.5) is 10.1 Å². The number of anilines is 1. The van der Waals surface area contributed by atoms with Gasteiger partial charge in [-0.05, 0) is 36.4 Å². The van der Waals surface area contributed by atoms with E-state index in [1.807, 2.05) is 12.1 Å². The third-order valence-corrected chi connectivity index (χ3v) is 4.06. The quantitative estimate of drug-likeness (QED) is 0.711. The first kappa shape index (κ1) is 14.9. The lowest BCUT2D eigenvalue weighted by Gasteiger charge is -2.07. The van der Waals surface area contributed by atoms with E-state index in [1.165, 1.54) is 18.2 Å². The molecule has 0 aliphatic rings. The molecule has 0 spiro atoms. The number of nitrogens with one attached hydrogen (secondary N) is 1. The van der Waals surface area contributed by atoms with Crippen LogP contribution < -0.4 is 5.32 Å². The van der Waals surface area contributed by atoms with E-state index in [0.29, 0.717) is 16.4 Å². The molecule has 0 aliphatic carbocycles. The molecule has 0 radical (unpaired) electrons. The van der Waals surface area contributed by atoms with Crippen molar-refractivity contribution in [3.8, 4) is 0 Å². The molecule has 3 nitrogen and oxygen atoms in total. The van der Waals surface area contributed by atoms with Crippen molar-refractivity contribution in [2.24, 2.45) is 7.05 Å². The summed E-state index contributed by atoms with van der Waals surface area (Å²) in [6.07, 6.45) is 0. The number of carbonyl (C=O) groups is 1. The van der Waals surface area contributed by atoms with Crippen LogP contribution in [0.2, 0.25) is 10.0 Å². The average molecular weight is 337 g/mol. The van der Waals surface area contributed by atoms with Crippen LogP contribution in [0, 0.1) is 5.82 Å². The second kappa shape index (κ2) is 5.63. The summed E-state index contributed by atoms with van der Waals surface area (Å²) in [5.41, 5.74) is 1.73. The number of halogens is 3. The molecule has 1 aromatic heterocycles. The number of aryl methyl sites for hydroxylation is 1. The minimum Gasteiger partial charge on any atom is -0.340 e. The normalized spacial score (nSPS) is 10.9. The Labute approximate surface area is 136 Å². The van der Waals surface area contributed by atoms with Gasteiger partial charge in [0.15, 0.2) is 0 Å². The van der Waals surface area contributed by atoms with Crippen molar-refractivity contribution in [2.45, 2.75) is 0 Å². The zero-order chi connectivity index (χ0) is 15.9. The fraction of sp³-hybridized carbons (Fsp3) is 0.0625. The molecule has 112 valence electrons. The Morgan fingerprint density at radius 3 is 2.59 bits per heavy atom. The van der Waals surface area contributed by atoms with Gasteiger partial charge in [0.2, 0.25) is 0 Å². The first-order valence-corrected chi connectivity index (χ1v) is 7.23. The number of aromatic nitrogens is 1. The molecule has 0 atom stereocenters. The van der Waals surface area contributed by atoms with Gasteiger partial charge in [0, 0.05) is 28.7 Å². The van der Waals surface area contributed by atoms with Crippen LogP contribution >= 0.6 is 23.2 Å². The standard InChI is InChI=1S/C16H11Cl2FN2O/c1-21-14-4-2-3-11(17)10(14)8-15(21)16(22)20-9-5-6-13(19)12(18)7-9/h2-8H,1H3,(H,20,22). The summed E-state index contributed by atoms with van der Waals surface area (Å²) in [7, 11) is 1.78. The molecule has 0 saturated heterocycles. The summed E-state index contributed by atoms with van der Waals surface area (Å²) in [5, 5.41) is 4.03. The second-order valence-electron chi connectivity index (χ2n) is 4.84. The van der Waals surface area contributed by atoms with Crippen LogP contribution in [0.5, 0.6) is 0 Å². The molecule has 2 aromatic carbocycles. The molecule has 3 aromatic rings. The number of rotatable bonds is 2. The van der Waals surface area contributed by atoms with Crippen molar-refractivity contribution in [1.29, 1.82) is 0 Å². The summed E-state index contributed by atoms with van der Waals surface area (Å²) in [6, 6.07) is 11.2. The SMILES string of the molecule is Cn1c(C(=O)Nc2ccc(F)c(Cl)c2)cc2c(Cl)cccc21. The monoisotopic (exact) mass is 336 g/mol. The van der Waals surface area contributed by atoms with Gasteiger partial charge in [-0.1, -0.05) is 29.3 Å².